The quantitative estimate of drug-likeness (QED) is 0.735. The van der Waals surface area contributed by atoms with Crippen LogP contribution in [0.5, 0.6) is 0 Å². The Bertz CT molecular complexity index is 417. The lowest BCUT2D eigenvalue weighted by Crippen LogP contribution is -2.59. The third-order valence-electron chi connectivity index (χ3n) is 6.73. The zero-order valence-electron chi connectivity index (χ0n) is 16.4. The summed E-state index contributed by atoms with van der Waals surface area (Å²) in [5.74, 6) is 1.37. The molecule has 3 aliphatic rings. The van der Waals surface area contributed by atoms with E-state index >= 15 is 0 Å². The molecule has 3 rings (SSSR count). The van der Waals surface area contributed by atoms with Crippen LogP contribution in [0.15, 0.2) is 0 Å². The molecule has 2 unspecified atom stereocenters. The first-order valence-corrected chi connectivity index (χ1v) is 10.5. The lowest BCUT2D eigenvalue weighted by Gasteiger charge is -2.48. The van der Waals surface area contributed by atoms with E-state index in [1.807, 2.05) is 0 Å². The number of rotatable bonds is 6. The van der Waals surface area contributed by atoms with Gasteiger partial charge in [-0.1, -0.05) is 26.2 Å². The molecule has 26 heavy (non-hydrogen) atoms. The van der Waals surface area contributed by atoms with Crippen molar-refractivity contribution in [3.8, 4) is 0 Å². The van der Waals surface area contributed by atoms with Gasteiger partial charge in [-0.25, -0.2) is 0 Å². The van der Waals surface area contributed by atoms with Gasteiger partial charge in [0, 0.05) is 31.6 Å². The Hall–Kier alpha value is -0.360. The Labute approximate surface area is 165 Å². The number of halogens is 1. The first-order valence-electron chi connectivity index (χ1n) is 10.5. The lowest BCUT2D eigenvalue weighted by atomic mass is 9.79. The predicted octanol–water partition coefficient (Wildman–Crippen LogP) is 2.59. The van der Waals surface area contributed by atoms with Gasteiger partial charge in [0.25, 0.3) is 0 Å². The van der Waals surface area contributed by atoms with Crippen LogP contribution in [0.25, 0.3) is 0 Å². The van der Waals surface area contributed by atoms with Gasteiger partial charge in [0.05, 0.1) is 13.2 Å². The van der Waals surface area contributed by atoms with Gasteiger partial charge in [-0.15, -0.1) is 12.4 Å². The van der Waals surface area contributed by atoms with Crippen LogP contribution in [0.1, 0.15) is 58.3 Å². The van der Waals surface area contributed by atoms with Gasteiger partial charge in [0.2, 0.25) is 5.91 Å². The Morgan fingerprint density at radius 3 is 2.62 bits per heavy atom. The van der Waals surface area contributed by atoms with Crippen molar-refractivity contribution in [3.63, 3.8) is 0 Å². The smallest absolute Gasteiger partial charge is 0.220 e. The number of amides is 1. The van der Waals surface area contributed by atoms with Gasteiger partial charge in [-0.2, -0.15) is 0 Å². The average molecular weight is 388 g/mol. The Balaban J connectivity index is 0.00000243. The van der Waals surface area contributed by atoms with E-state index in [0.29, 0.717) is 18.3 Å². The maximum absolute atomic E-state index is 12.6. The molecular formula is C20H38ClN3O2. The number of ether oxygens (including phenoxy) is 1. The van der Waals surface area contributed by atoms with Crippen molar-refractivity contribution >= 4 is 18.3 Å². The fourth-order valence-electron chi connectivity index (χ4n) is 5.01. The van der Waals surface area contributed by atoms with Crippen molar-refractivity contribution in [2.45, 2.75) is 63.8 Å². The van der Waals surface area contributed by atoms with E-state index in [4.69, 9.17) is 4.74 Å². The van der Waals surface area contributed by atoms with Crippen LogP contribution >= 0.6 is 12.4 Å². The molecule has 1 aliphatic carbocycles. The van der Waals surface area contributed by atoms with Gasteiger partial charge >= 0.3 is 0 Å². The molecule has 3 fully saturated rings. The molecular weight excluding hydrogens is 350 g/mol. The Morgan fingerprint density at radius 2 is 1.96 bits per heavy atom. The highest BCUT2D eigenvalue weighted by Crippen LogP contribution is 2.34. The normalized spacial score (nSPS) is 28.0. The van der Waals surface area contributed by atoms with Gasteiger partial charge in [0.1, 0.15) is 0 Å². The molecule has 2 atom stereocenters. The molecule has 0 aromatic rings. The Kier molecular flexibility index (Phi) is 9.15. The number of hydrogen-bond donors (Lipinski definition) is 2. The third-order valence-corrected chi connectivity index (χ3v) is 6.73. The molecule has 0 aromatic carbocycles. The van der Waals surface area contributed by atoms with E-state index in [1.54, 1.807) is 0 Å². The molecule has 2 aliphatic heterocycles. The van der Waals surface area contributed by atoms with Gasteiger partial charge in [0.15, 0.2) is 0 Å². The number of nitrogens with one attached hydrogen (secondary N) is 2. The number of morpholine rings is 1. The first-order chi connectivity index (χ1) is 12.2. The second kappa shape index (κ2) is 10.8. The zero-order chi connectivity index (χ0) is 17.5. The van der Waals surface area contributed by atoms with Gasteiger partial charge in [-0.05, 0) is 50.6 Å². The first kappa shape index (κ1) is 21.9. The second-order valence-electron chi connectivity index (χ2n) is 8.45. The van der Waals surface area contributed by atoms with Crippen molar-refractivity contribution < 1.29 is 9.53 Å². The van der Waals surface area contributed by atoms with Crippen LogP contribution in [0, 0.1) is 11.8 Å². The maximum atomic E-state index is 12.6. The molecule has 2 heterocycles. The third kappa shape index (κ3) is 5.82. The second-order valence-corrected chi connectivity index (χ2v) is 8.45. The summed E-state index contributed by atoms with van der Waals surface area (Å²) in [5, 5.41) is 6.79. The molecule has 6 heteroatoms. The number of carbonyl (C=O) groups excluding carboxylic acids is 1. The van der Waals surface area contributed by atoms with E-state index in [0.717, 1.165) is 45.9 Å². The molecule has 2 saturated heterocycles. The molecule has 5 nitrogen and oxygen atoms in total. The van der Waals surface area contributed by atoms with Crippen LogP contribution in [0.2, 0.25) is 0 Å². The molecule has 2 N–H and O–H groups in total. The van der Waals surface area contributed by atoms with Crippen LogP contribution in [-0.4, -0.2) is 62.3 Å². The highest BCUT2D eigenvalue weighted by Gasteiger charge is 2.38. The monoisotopic (exact) mass is 387 g/mol. The average Bonchev–Trinajstić information content (AvgIpc) is 2.68. The topological polar surface area (TPSA) is 53.6 Å². The summed E-state index contributed by atoms with van der Waals surface area (Å²) in [5.41, 5.74) is 0.174. The minimum atomic E-state index is 0. The zero-order valence-corrected chi connectivity index (χ0v) is 17.2. The minimum Gasteiger partial charge on any atom is -0.379 e. The summed E-state index contributed by atoms with van der Waals surface area (Å²) >= 11 is 0. The summed E-state index contributed by atoms with van der Waals surface area (Å²) in [6, 6.07) is 0. The van der Waals surface area contributed by atoms with Crippen molar-refractivity contribution in [1.29, 1.82) is 0 Å². The predicted molar refractivity (Wildman–Crippen MR) is 108 cm³/mol. The number of nitrogens with zero attached hydrogens (tertiary/aromatic N) is 1. The molecule has 0 bridgehead atoms. The summed E-state index contributed by atoms with van der Waals surface area (Å²) in [7, 11) is 0. The molecule has 0 radical (unpaired) electrons. The molecule has 1 amide bonds. The van der Waals surface area contributed by atoms with Crippen molar-refractivity contribution in [1.82, 2.24) is 15.5 Å². The lowest BCUT2D eigenvalue weighted by molar-refractivity contribution is -0.123. The van der Waals surface area contributed by atoms with E-state index in [9.17, 15) is 4.79 Å². The summed E-state index contributed by atoms with van der Waals surface area (Å²) in [6.45, 7) is 8.98. The standard InChI is InChI=1S/C20H37N3O2.ClH/c1-17(18-6-5-9-21-15-18)14-19(24)22-16-20(7-3-2-4-8-20)23-10-12-25-13-11-23;/h17-18,21H,2-16H2,1H3,(H,22,24);1H. The molecule has 1 saturated carbocycles. The molecule has 0 spiro atoms. The van der Waals surface area contributed by atoms with Gasteiger partial charge in [-0.3, -0.25) is 9.69 Å². The largest absolute Gasteiger partial charge is 0.379 e. The van der Waals surface area contributed by atoms with Crippen molar-refractivity contribution in [2.75, 3.05) is 45.9 Å². The molecule has 0 aromatic heterocycles. The van der Waals surface area contributed by atoms with Crippen molar-refractivity contribution in [2.24, 2.45) is 11.8 Å². The number of hydrogen-bond acceptors (Lipinski definition) is 4. The maximum Gasteiger partial charge on any atom is 0.220 e. The van der Waals surface area contributed by atoms with Crippen LogP contribution in [-0.2, 0) is 9.53 Å². The van der Waals surface area contributed by atoms with Crippen LogP contribution in [0.3, 0.4) is 0 Å². The summed E-state index contributed by atoms with van der Waals surface area (Å²) < 4.78 is 5.55. The van der Waals surface area contributed by atoms with Crippen LogP contribution < -0.4 is 10.6 Å². The highest BCUT2D eigenvalue weighted by atomic mass is 35.5. The summed E-state index contributed by atoms with van der Waals surface area (Å²) in [4.78, 5) is 15.2. The van der Waals surface area contributed by atoms with E-state index in [1.165, 1.54) is 44.9 Å². The van der Waals surface area contributed by atoms with Crippen LogP contribution in [0.4, 0.5) is 0 Å². The fraction of sp³-hybridized carbons (Fsp3) is 0.950. The molecule has 152 valence electrons. The SMILES string of the molecule is CC(CC(=O)NCC1(N2CCOCC2)CCCCC1)C1CCCNC1.Cl. The highest BCUT2D eigenvalue weighted by molar-refractivity contribution is 5.85. The fourth-order valence-corrected chi connectivity index (χ4v) is 5.01. The number of piperidine rings is 1. The number of carbonyl (C=O) groups is 1. The minimum absolute atomic E-state index is 0. The van der Waals surface area contributed by atoms with E-state index in [-0.39, 0.29) is 23.9 Å². The van der Waals surface area contributed by atoms with E-state index < -0.39 is 0 Å². The van der Waals surface area contributed by atoms with E-state index in [2.05, 4.69) is 22.5 Å². The van der Waals surface area contributed by atoms with Crippen molar-refractivity contribution in [3.05, 3.63) is 0 Å². The van der Waals surface area contributed by atoms with Gasteiger partial charge < -0.3 is 15.4 Å². The summed E-state index contributed by atoms with van der Waals surface area (Å²) in [6.07, 6.45) is 9.53. The Morgan fingerprint density at radius 1 is 1.23 bits per heavy atom.